The minimum Gasteiger partial charge on any atom is -0.370 e. The smallest absolute Gasteiger partial charge is 0.246 e. The van der Waals surface area contributed by atoms with Gasteiger partial charge in [-0.05, 0) is 42.3 Å². The molecule has 2 aromatic carbocycles. The minimum atomic E-state index is -0.267. The number of hydrogen-bond donors (Lipinski definition) is 3. The fourth-order valence-electron chi connectivity index (χ4n) is 2.10. The number of guanidine groups is 1. The monoisotopic (exact) mass is 320 g/mol. The number of aryl methyl sites for hydroxylation is 1. The highest BCUT2D eigenvalue weighted by Gasteiger charge is 2.03. The van der Waals surface area contributed by atoms with Gasteiger partial charge in [-0.15, -0.1) is 6.42 Å². The van der Waals surface area contributed by atoms with Crippen LogP contribution in [0.4, 0.5) is 11.4 Å². The van der Waals surface area contributed by atoms with E-state index in [0.29, 0.717) is 11.3 Å². The highest BCUT2D eigenvalue weighted by molar-refractivity contribution is 5.97. The van der Waals surface area contributed by atoms with Gasteiger partial charge in [0.2, 0.25) is 5.91 Å². The van der Waals surface area contributed by atoms with E-state index in [2.05, 4.69) is 28.5 Å². The molecule has 24 heavy (non-hydrogen) atoms. The van der Waals surface area contributed by atoms with Crippen molar-refractivity contribution in [3.63, 3.8) is 0 Å². The first-order chi connectivity index (χ1) is 11.6. The lowest BCUT2D eigenvalue weighted by molar-refractivity contribution is -0.114. The van der Waals surface area contributed by atoms with Crippen molar-refractivity contribution in [3.05, 3.63) is 59.7 Å². The zero-order chi connectivity index (χ0) is 17.4. The minimum absolute atomic E-state index is 0.0768. The number of terminal acetylenes is 1. The number of nitrogens with two attached hydrogens (primary N) is 1. The Morgan fingerprint density at radius 1 is 1.17 bits per heavy atom. The van der Waals surface area contributed by atoms with E-state index in [1.807, 2.05) is 24.3 Å². The van der Waals surface area contributed by atoms with Gasteiger partial charge in [-0.1, -0.05) is 31.0 Å². The zero-order valence-corrected chi connectivity index (χ0v) is 13.5. The van der Waals surface area contributed by atoms with Crippen molar-refractivity contribution in [2.24, 2.45) is 10.7 Å². The number of carbonyl (C=O) groups is 1. The predicted octanol–water partition coefficient (Wildman–Crippen LogP) is 2.60. The van der Waals surface area contributed by atoms with Crippen LogP contribution in [0.3, 0.4) is 0 Å². The summed E-state index contributed by atoms with van der Waals surface area (Å²) in [6.45, 7) is 2.00. The largest absolute Gasteiger partial charge is 0.370 e. The second-order valence-electron chi connectivity index (χ2n) is 5.15. The first-order valence-corrected chi connectivity index (χ1v) is 7.63. The Hall–Kier alpha value is -3.26. The number of hydrogen-bond acceptors (Lipinski definition) is 2. The van der Waals surface area contributed by atoms with Crippen LogP contribution in [0.25, 0.3) is 0 Å². The normalized spacial score (nSPS) is 10.8. The topological polar surface area (TPSA) is 79.5 Å². The van der Waals surface area contributed by atoms with Crippen molar-refractivity contribution in [2.75, 3.05) is 17.2 Å². The predicted molar refractivity (Wildman–Crippen MR) is 98.9 cm³/mol. The van der Waals surface area contributed by atoms with Gasteiger partial charge in [0.15, 0.2) is 5.96 Å². The second kappa shape index (κ2) is 8.39. The number of amides is 1. The molecule has 0 aromatic heterocycles. The van der Waals surface area contributed by atoms with E-state index < -0.39 is 0 Å². The summed E-state index contributed by atoms with van der Waals surface area (Å²) in [5.41, 5.74) is 9.19. The van der Waals surface area contributed by atoms with Gasteiger partial charge < -0.3 is 16.4 Å². The van der Waals surface area contributed by atoms with Crippen molar-refractivity contribution in [3.8, 4) is 12.3 Å². The Bertz CT molecular complexity index is 790. The third-order valence-electron chi connectivity index (χ3n) is 3.31. The molecule has 0 radical (unpaired) electrons. The summed E-state index contributed by atoms with van der Waals surface area (Å²) in [7, 11) is 0. The second-order valence-corrected chi connectivity index (χ2v) is 5.15. The van der Waals surface area contributed by atoms with Gasteiger partial charge in [-0.2, -0.15) is 0 Å². The fourth-order valence-corrected chi connectivity index (χ4v) is 2.10. The molecule has 0 unspecified atom stereocenters. The van der Waals surface area contributed by atoms with Crippen LogP contribution in [0.1, 0.15) is 18.1 Å². The molecular formula is C19H20N4O. The Balaban J connectivity index is 1.91. The molecule has 2 aromatic rings. The van der Waals surface area contributed by atoms with Gasteiger partial charge in [0.25, 0.3) is 0 Å². The quantitative estimate of drug-likeness (QED) is 0.450. The summed E-state index contributed by atoms with van der Waals surface area (Å²) in [5.74, 6) is 2.44. The number of carbonyl (C=O) groups excluding carboxylic acids is 1. The molecule has 0 saturated heterocycles. The Morgan fingerprint density at radius 3 is 2.58 bits per heavy atom. The van der Waals surface area contributed by atoms with Crippen molar-refractivity contribution in [1.29, 1.82) is 0 Å². The first kappa shape index (κ1) is 17.1. The molecule has 2 rings (SSSR count). The van der Waals surface area contributed by atoms with Gasteiger partial charge in [-0.25, -0.2) is 4.99 Å². The van der Waals surface area contributed by atoms with Crippen LogP contribution < -0.4 is 16.4 Å². The third-order valence-corrected chi connectivity index (χ3v) is 3.31. The molecule has 0 heterocycles. The van der Waals surface area contributed by atoms with Crippen molar-refractivity contribution < 1.29 is 4.79 Å². The van der Waals surface area contributed by atoms with Crippen LogP contribution in [0.15, 0.2) is 53.5 Å². The van der Waals surface area contributed by atoms with Crippen molar-refractivity contribution in [1.82, 2.24) is 0 Å². The Labute approximate surface area is 142 Å². The summed E-state index contributed by atoms with van der Waals surface area (Å²) < 4.78 is 0. The summed E-state index contributed by atoms with van der Waals surface area (Å²) in [5, 5.41) is 5.70. The molecule has 0 aliphatic heterocycles. The van der Waals surface area contributed by atoms with Crippen LogP contribution in [0.2, 0.25) is 0 Å². The maximum atomic E-state index is 11.9. The Kier molecular flexibility index (Phi) is 5.98. The average molecular weight is 320 g/mol. The molecular weight excluding hydrogens is 300 g/mol. The summed E-state index contributed by atoms with van der Waals surface area (Å²) in [6, 6.07) is 14.9. The lowest BCUT2D eigenvalue weighted by atomic mass is 10.1. The number of anilines is 2. The SMILES string of the molecule is C#Cc1cccc(NC(=O)CN=C(N)Nc2cccc(CC)c2)c1. The summed E-state index contributed by atoms with van der Waals surface area (Å²) in [6.07, 6.45) is 6.27. The van der Waals surface area contributed by atoms with Gasteiger partial charge in [0.1, 0.15) is 6.54 Å². The van der Waals surface area contributed by atoms with E-state index in [1.165, 1.54) is 5.56 Å². The summed E-state index contributed by atoms with van der Waals surface area (Å²) in [4.78, 5) is 16.0. The molecule has 5 heteroatoms. The highest BCUT2D eigenvalue weighted by atomic mass is 16.1. The highest BCUT2D eigenvalue weighted by Crippen LogP contribution is 2.11. The van der Waals surface area contributed by atoms with Crippen LogP contribution in [0.5, 0.6) is 0 Å². The maximum Gasteiger partial charge on any atom is 0.246 e. The van der Waals surface area contributed by atoms with Crippen LogP contribution >= 0.6 is 0 Å². The van der Waals surface area contributed by atoms with E-state index in [-0.39, 0.29) is 18.4 Å². The van der Waals surface area contributed by atoms with Gasteiger partial charge in [0.05, 0.1) is 0 Å². The molecule has 0 aliphatic rings. The molecule has 0 bridgehead atoms. The lowest BCUT2D eigenvalue weighted by Crippen LogP contribution is -2.25. The van der Waals surface area contributed by atoms with Crippen molar-refractivity contribution in [2.45, 2.75) is 13.3 Å². The van der Waals surface area contributed by atoms with E-state index >= 15 is 0 Å². The van der Waals surface area contributed by atoms with Crippen molar-refractivity contribution >= 4 is 23.2 Å². The molecule has 0 aliphatic carbocycles. The number of benzene rings is 2. The van der Waals surface area contributed by atoms with Gasteiger partial charge in [0, 0.05) is 16.9 Å². The van der Waals surface area contributed by atoms with E-state index in [0.717, 1.165) is 12.1 Å². The molecule has 4 N–H and O–H groups in total. The van der Waals surface area contributed by atoms with E-state index in [4.69, 9.17) is 12.2 Å². The van der Waals surface area contributed by atoms with Crippen LogP contribution in [-0.2, 0) is 11.2 Å². The number of aliphatic imine (C=N–C) groups is 1. The average Bonchev–Trinajstić information content (AvgIpc) is 2.60. The van der Waals surface area contributed by atoms with Gasteiger partial charge >= 0.3 is 0 Å². The molecule has 0 saturated carbocycles. The molecule has 0 atom stereocenters. The summed E-state index contributed by atoms with van der Waals surface area (Å²) >= 11 is 0. The molecule has 1 amide bonds. The first-order valence-electron chi connectivity index (χ1n) is 7.63. The molecule has 122 valence electrons. The Morgan fingerprint density at radius 2 is 1.88 bits per heavy atom. The maximum absolute atomic E-state index is 11.9. The van der Waals surface area contributed by atoms with Crippen LogP contribution in [-0.4, -0.2) is 18.4 Å². The number of nitrogens with one attached hydrogen (secondary N) is 2. The number of nitrogens with zero attached hydrogens (tertiary/aromatic N) is 1. The fraction of sp³-hybridized carbons (Fsp3) is 0.158. The van der Waals surface area contributed by atoms with E-state index in [1.54, 1.807) is 24.3 Å². The molecule has 0 spiro atoms. The standard InChI is InChI=1S/C19H20N4O/c1-3-14-7-5-9-16(11-14)22-18(24)13-21-19(20)23-17-10-6-8-15(4-2)12-17/h1,5-12H,4,13H2,2H3,(H,22,24)(H3,20,21,23). The number of rotatable bonds is 5. The molecule has 5 nitrogen and oxygen atoms in total. The molecule has 0 fully saturated rings. The zero-order valence-electron chi connectivity index (χ0n) is 13.5. The van der Waals surface area contributed by atoms with Gasteiger partial charge in [-0.3, -0.25) is 4.79 Å². The van der Waals surface area contributed by atoms with Crippen LogP contribution in [0, 0.1) is 12.3 Å². The van der Waals surface area contributed by atoms with E-state index in [9.17, 15) is 4.79 Å². The third kappa shape index (κ3) is 5.18. The lowest BCUT2D eigenvalue weighted by Gasteiger charge is -2.07.